The molecule has 0 aromatic rings. The molecule has 1 aliphatic heterocycles. The molecular weight excluding hydrogens is 170 g/mol. The summed E-state index contributed by atoms with van der Waals surface area (Å²) in [5, 5.41) is 2.47. The van der Waals surface area contributed by atoms with Crippen molar-refractivity contribution in [3.8, 4) is 0 Å². The smallest absolute Gasteiger partial charge is 0.329 e. The molecule has 1 amide bonds. The molecule has 0 unspecified atom stereocenters. The second kappa shape index (κ2) is 3.36. The van der Waals surface area contributed by atoms with Crippen LogP contribution in [0.2, 0.25) is 0 Å². The van der Waals surface area contributed by atoms with E-state index >= 15 is 0 Å². The summed E-state index contributed by atoms with van der Waals surface area (Å²) in [7, 11) is 0. The van der Waals surface area contributed by atoms with Crippen LogP contribution < -0.4 is 5.32 Å². The highest BCUT2D eigenvalue weighted by molar-refractivity contribution is 5.94. The van der Waals surface area contributed by atoms with Crippen LogP contribution in [-0.4, -0.2) is 24.5 Å². The lowest BCUT2D eigenvalue weighted by Crippen LogP contribution is -2.54. The summed E-state index contributed by atoms with van der Waals surface area (Å²) in [6.07, 6.45) is 0.267. The molecule has 0 spiro atoms. The van der Waals surface area contributed by atoms with E-state index in [2.05, 4.69) is 5.32 Å². The number of carbonyl (C=O) groups excluding carboxylic acids is 2. The number of esters is 1. The van der Waals surface area contributed by atoms with Crippen molar-refractivity contribution in [2.45, 2.75) is 33.2 Å². The Bertz CT molecular complexity index is 222. The van der Waals surface area contributed by atoms with Gasteiger partial charge < -0.3 is 10.1 Å². The molecule has 4 heteroatoms. The van der Waals surface area contributed by atoms with E-state index in [4.69, 9.17) is 4.74 Å². The number of carbonyl (C=O) groups is 2. The second-order valence-corrected chi connectivity index (χ2v) is 4.49. The zero-order valence-electron chi connectivity index (χ0n) is 8.22. The molecule has 1 rings (SSSR count). The molecule has 1 saturated heterocycles. The lowest BCUT2D eigenvalue weighted by atomic mass is 9.98. The van der Waals surface area contributed by atoms with Crippen LogP contribution in [0, 0.1) is 5.41 Å². The standard InChI is InChI=1S/C9H15NO3/c1-9(2,3)5-13-8(12)6-4-7(11)10-6/h6H,4-5H2,1-3H3,(H,10,11)/t6-/m1/s1. The summed E-state index contributed by atoms with van der Waals surface area (Å²) < 4.78 is 5.01. The fraction of sp³-hybridized carbons (Fsp3) is 0.778. The highest BCUT2D eigenvalue weighted by atomic mass is 16.5. The van der Waals surface area contributed by atoms with Crippen molar-refractivity contribution in [2.75, 3.05) is 6.61 Å². The van der Waals surface area contributed by atoms with E-state index in [1.807, 2.05) is 20.8 Å². The molecule has 0 aliphatic carbocycles. The van der Waals surface area contributed by atoms with Crippen LogP contribution in [0.4, 0.5) is 0 Å². The Balaban J connectivity index is 2.23. The third kappa shape index (κ3) is 3.05. The van der Waals surface area contributed by atoms with Crippen LogP contribution in [0.3, 0.4) is 0 Å². The average Bonchev–Trinajstić information content (AvgIpc) is 1.93. The van der Waals surface area contributed by atoms with Crippen molar-refractivity contribution >= 4 is 11.9 Å². The maximum Gasteiger partial charge on any atom is 0.329 e. The van der Waals surface area contributed by atoms with Crippen molar-refractivity contribution in [2.24, 2.45) is 5.41 Å². The number of hydrogen-bond donors (Lipinski definition) is 1. The molecule has 0 aromatic heterocycles. The first-order valence-electron chi connectivity index (χ1n) is 4.34. The number of rotatable bonds is 2. The Morgan fingerprint density at radius 2 is 2.15 bits per heavy atom. The van der Waals surface area contributed by atoms with Gasteiger partial charge in [-0.25, -0.2) is 4.79 Å². The first-order valence-corrected chi connectivity index (χ1v) is 4.34. The molecule has 1 fully saturated rings. The largest absolute Gasteiger partial charge is 0.464 e. The van der Waals surface area contributed by atoms with Crippen molar-refractivity contribution in [1.29, 1.82) is 0 Å². The first-order chi connectivity index (χ1) is 5.88. The maximum atomic E-state index is 11.2. The van der Waals surface area contributed by atoms with E-state index < -0.39 is 6.04 Å². The summed E-state index contributed by atoms with van der Waals surface area (Å²) in [5.74, 6) is -0.410. The molecule has 0 saturated carbocycles. The van der Waals surface area contributed by atoms with Gasteiger partial charge in [-0.2, -0.15) is 0 Å². The van der Waals surface area contributed by atoms with E-state index in [1.54, 1.807) is 0 Å². The molecule has 0 bridgehead atoms. The first kappa shape index (κ1) is 10.0. The fourth-order valence-electron chi connectivity index (χ4n) is 0.889. The van der Waals surface area contributed by atoms with E-state index in [9.17, 15) is 9.59 Å². The third-order valence-electron chi connectivity index (χ3n) is 1.66. The maximum absolute atomic E-state index is 11.2. The molecule has 74 valence electrons. The minimum absolute atomic E-state index is 0.0244. The quantitative estimate of drug-likeness (QED) is 0.502. The molecular formula is C9H15NO3. The number of β-lactam (4-membered cyclic amide) rings is 1. The molecule has 1 N–H and O–H groups in total. The van der Waals surface area contributed by atoms with Gasteiger partial charge in [0.15, 0.2) is 0 Å². The molecule has 4 nitrogen and oxygen atoms in total. The minimum atomic E-state index is -0.408. The Morgan fingerprint density at radius 3 is 2.54 bits per heavy atom. The topological polar surface area (TPSA) is 55.4 Å². The summed E-state index contributed by atoms with van der Waals surface area (Å²) in [5.41, 5.74) is -0.0244. The number of ether oxygens (including phenoxy) is 1. The van der Waals surface area contributed by atoms with Crippen LogP contribution in [0.15, 0.2) is 0 Å². The monoisotopic (exact) mass is 185 g/mol. The van der Waals surface area contributed by atoms with Gasteiger partial charge in [-0.1, -0.05) is 20.8 Å². The van der Waals surface area contributed by atoms with Crippen molar-refractivity contribution < 1.29 is 14.3 Å². The molecule has 0 radical (unpaired) electrons. The zero-order valence-corrected chi connectivity index (χ0v) is 8.22. The highest BCUT2D eigenvalue weighted by Crippen LogP contribution is 2.14. The summed E-state index contributed by atoms with van der Waals surface area (Å²) in [6.45, 7) is 6.34. The average molecular weight is 185 g/mol. The Labute approximate surface area is 77.6 Å². The molecule has 13 heavy (non-hydrogen) atoms. The van der Waals surface area contributed by atoms with E-state index in [0.717, 1.165) is 0 Å². The van der Waals surface area contributed by atoms with E-state index in [1.165, 1.54) is 0 Å². The number of amides is 1. The SMILES string of the molecule is CC(C)(C)COC(=O)[C@H]1CC(=O)N1. The van der Waals surface area contributed by atoms with Gasteiger partial charge in [0.25, 0.3) is 0 Å². The zero-order chi connectivity index (χ0) is 10.1. The Kier molecular flexibility index (Phi) is 2.59. The van der Waals surface area contributed by atoms with Gasteiger partial charge in [0.05, 0.1) is 13.0 Å². The van der Waals surface area contributed by atoms with Gasteiger partial charge >= 0.3 is 5.97 Å². The molecule has 0 aromatic carbocycles. The summed E-state index contributed by atoms with van der Waals surface area (Å²) >= 11 is 0. The van der Waals surface area contributed by atoms with Crippen molar-refractivity contribution in [3.05, 3.63) is 0 Å². The lowest BCUT2D eigenvalue weighted by Gasteiger charge is -2.26. The normalized spacial score (nSPS) is 21.8. The number of nitrogens with one attached hydrogen (secondary N) is 1. The van der Waals surface area contributed by atoms with E-state index in [0.29, 0.717) is 6.61 Å². The summed E-state index contributed by atoms with van der Waals surface area (Å²) in [4.78, 5) is 21.7. The predicted octanol–water partition coefficient (Wildman–Crippen LogP) is 0.464. The van der Waals surface area contributed by atoms with Crippen molar-refractivity contribution in [1.82, 2.24) is 5.32 Å². The second-order valence-electron chi connectivity index (χ2n) is 4.49. The molecule has 1 heterocycles. The Hall–Kier alpha value is -1.06. The third-order valence-corrected chi connectivity index (χ3v) is 1.66. The van der Waals surface area contributed by atoms with Gasteiger partial charge in [-0.05, 0) is 5.41 Å². The number of hydrogen-bond acceptors (Lipinski definition) is 3. The van der Waals surface area contributed by atoms with Crippen molar-refractivity contribution in [3.63, 3.8) is 0 Å². The summed E-state index contributed by atoms with van der Waals surface area (Å²) in [6, 6.07) is -0.408. The van der Waals surface area contributed by atoms with Gasteiger partial charge in [-0.15, -0.1) is 0 Å². The lowest BCUT2D eigenvalue weighted by molar-refractivity contribution is -0.155. The van der Waals surface area contributed by atoms with Crippen LogP contribution >= 0.6 is 0 Å². The Morgan fingerprint density at radius 1 is 1.62 bits per heavy atom. The van der Waals surface area contributed by atoms with Gasteiger partial charge in [0, 0.05) is 0 Å². The molecule has 1 atom stereocenters. The van der Waals surface area contributed by atoms with E-state index in [-0.39, 0.29) is 23.7 Å². The van der Waals surface area contributed by atoms with Crippen LogP contribution in [0.25, 0.3) is 0 Å². The van der Waals surface area contributed by atoms with Crippen LogP contribution in [0.1, 0.15) is 27.2 Å². The van der Waals surface area contributed by atoms with Gasteiger partial charge in [0.1, 0.15) is 6.04 Å². The molecule has 1 aliphatic rings. The minimum Gasteiger partial charge on any atom is -0.464 e. The van der Waals surface area contributed by atoms with Gasteiger partial charge in [0.2, 0.25) is 5.91 Å². The van der Waals surface area contributed by atoms with Crippen LogP contribution in [-0.2, 0) is 14.3 Å². The highest BCUT2D eigenvalue weighted by Gasteiger charge is 2.33. The fourth-order valence-corrected chi connectivity index (χ4v) is 0.889. The van der Waals surface area contributed by atoms with Crippen LogP contribution in [0.5, 0.6) is 0 Å². The predicted molar refractivity (Wildman–Crippen MR) is 47.0 cm³/mol. The van der Waals surface area contributed by atoms with Gasteiger partial charge in [-0.3, -0.25) is 4.79 Å².